The first-order valence-electron chi connectivity index (χ1n) is 8.08. The topological polar surface area (TPSA) is 12.0 Å². The van der Waals surface area contributed by atoms with Crippen LogP contribution in [0.4, 0.5) is 0 Å². The first-order chi connectivity index (χ1) is 9.27. The molecule has 1 atom stereocenters. The zero-order valence-corrected chi connectivity index (χ0v) is 12.6. The van der Waals surface area contributed by atoms with Gasteiger partial charge in [0.15, 0.2) is 0 Å². The van der Waals surface area contributed by atoms with Gasteiger partial charge >= 0.3 is 0 Å². The Morgan fingerprint density at radius 3 is 2.74 bits per heavy atom. The van der Waals surface area contributed by atoms with Crippen molar-refractivity contribution < 1.29 is 0 Å². The Balaban J connectivity index is 1.57. The predicted octanol–water partition coefficient (Wildman–Crippen LogP) is 4.87. The molecule has 0 aromatic heterocycles. The normalized spacial score (nSPS) is 17.9. The number of hydrogen-bond donors (Lipinski definition) is 1. The molecule has 1 N–H and O–H groups in total. The predicted molar refractivity (Wildman–Crippen MR) is 83.4 cm³/mol. The first kappa shape index (κ1) is 14.6. The van der Waals surface area contributed by atoms with Crippen molar-refractivity contribution in [2.75, 3.05) is 6.54 Å². The van der Waals surface area contributed by atoms with Crippen molar-refractivity contribution in [3.8, 4) is 0 Å². The Morgan fingerprint density at radius 2 is 1.89 bits per heavy atom. The molecule has 1 aliphatic carbocycles. The number of aryl methyl sites for hydroxylation is 1. The van der Waals surface area contributed by atoms with Crippen molar-refractivity contribution in [1.29, 1.82) is 0 Å². The lowest BCUT2D eigenvalue weighted by atomic mass is 10.0. The molecule has 1 nitrogen and oxygen atoms in total. The molecule has 0 saturated heterocycles. The van der Waals surface area contributed by atoms with Gasteiger partial charge in [0.25, 0.3) is 0 Å². The molecular weight excluding hydrogens is 230 g/mol. The number of fused-ring (bicyclic) bond motifs is 1. The van der Waals surface area contributed by atoms with Crippen LogP contribution in [0.15, 0.2) is 24.3 Å². The van der Waals surface area contributed by atoms with E-state index in [4.69, 9.17) is 0 Å². The molecule has 0 bridgehead atoms. The summed E-state index contributed by atoms with van der Waals surface area (Å²) in [7, 11) is 0. The smallest absolute Gasteiger partial charge is 0.0326 e. The van der Waals surface area contributed by atoms with Crippen LogP contribution in [-0.2, 0) is 6.42 Å². The fourth-order valence-electron chi connectivity index (χ4n) is 3.08. The second-order valence-electron chi connectivity index (χ2n) is 6.34. The van der Waals surface area contributed by atoms with Crippen molar-refractivity contribution >= 4 is 0 Å². The van der Waals surface area contributed by atoms with Gasteiger partial charge in [-0.2, -0.15) is 0 Å². The van der Waals surface area contributed by atoms with E-state index in [-0.39, 0.29) is 0 Å². The average Bonchev–Trinajstić information content (AvgIpc) is 2.81. The summed E-state index contributed by atoms with van der Waals surface area (Å²) in [6.45, 7) is 5.82. The van der Waals surface area contributed by atoms with Gasteiger partial charge in [0.2, 0.25) is 0 Å². The Labute approximate surface area is 118 Å². The van der Waals surface area contributed by atoms with Gasteiger partial charge < -0.3 is 5.32 Å². The molecule has 0 spiro atoms. The van der Waals surface area contributed by atoms with Crippen LogP contribution in [0.2, 0.25) is 0 Å². The van der Waals surface area contributed by atoms with E-state index >= 15 is 0 Å². The molecule has 0 saturated carbocycles. The summed E-state index contributed by atoms with van der Waals surface area (Å²) in [5, 5.41) is 3.74. The molecule has 1 unspecified atom stereocenters. The highest BCUT2D eigenvalue weighted by atomic mass is 14.9. The van der Waals surface area contributed by atoms with E-state index in [0.29, 0.717) is 6.04 Å². The Morgan fingerprint density at radius 1 is 1.11 bits per heavy atom. The third kappa shape index (κ3) is 4.65. The van der Waals surface area contributed by atoms with E-state index < -0.39 is 0 Å². The minimum Gasteiger partial charge on any atom is -0.310 e. The van der Waals surface area contributed by atoms with Gasteiger partial charge in [0.1, 0.15) is 0 Å². The number of nitrogens with one attached hydrogen (secondary N) is 1. The molecule has 1 aromatic carbocycles. The van der Waals surface area contributed by atoms with Crippen LogP contribution in [0.5, 0.6) is 0 Å². The average molecular weight is 259 g/mol. The maximum Gasteiger partial charge on any atom is 0.0326 e. The van der Waals surface area contributed by atoms with Crippen molar-refractivity contribution in [2.24, 2.45) is 5.92 Å². The molecule has 1 heteroatoms. The second-order valence-corrected chi connectivity index (χ2v) is 6.34. The number of benzene rings is 1. The lowest BCUT2D eigenvalue weighted by Crippen LogP contribution is -2.20. The van der Waals surface area contributed by atoms with Crippen LogP contribution in [0.3, 0.4) is 0 Å². The number of rotatable bonds is 8. The number of hydrogen-bond acceptors (Lipinski definition) is 1. The highest BCUT2D eigenvalue weighted by molar-refractivity contribution is 5.34. The van der Waals surface area contributed by atoms with Crippen molar-refractivity contribution in [1.82, 2.24) is 5.32 Å². The SMILES string of the molecule is CC(C)CCCCCCNC1CCc2ccccc21. The minimum atomic E-state index is 0.617. The summed E-state index contributed by atoms with van der Waals surface area (Å²) in [5.74, 6) is 0.869. The minimum absolute atomic E-state index is 0.617. The largest absolute Gasteiger partial charge is 0.310 e. The van der Waals surface area contributed by atoms with Gasteiger partial charge in [-0.05, 0) is 42.9 Å². The first-order valence-corrected chi connectivity index (χ1v) is 8.08. The van der Waals surface area contributed by atoms with E-state index in [1.165, 1.54) is 51.5 Å². The summed E-state index contributed by atoms with van der Waals surface area (Å²) < 4.78 is 0. The summed E-state index contributed by atoms with van der Waals surface area (Å²) >= 11 is 0. The van der Waals surface area contributed by atoms with E-state index in [9.17, 15) is 0 Å². The quantitative estimate of drug-likeness (QED) is 0.657. The summed E-state index contributed by atoms with van der Waals surface area (Å²) in [5.41, 5.74) is 3.10. The fraction of sp³-hybridized carbons (Fsp3) is 0.667. The third-order valence-electron chi connectivity index (χ3n) is 4.23. The van der Waals surface area contributed by atoms with Crippen LogP contribution in [0.25, 0.3) is 0 Å². The molecule has 19 heavy (non-hydrogen) atoms. The van der Waals surface area contributed by atoms with E-state index in [1.54, 1.807) is 11.1 Å². The lowest BCUT2D eigenvalue weighted by Gasteiger charge is -2.14. The highest BCUT2D eigenvalue weighted by Gasteiger charge is 2.20. The van der Waals surface area contributed by atoms with Gasteiger partial charge in [0.05, 0.1) is 0 Å². The van der Waals surface area contributed by atoms with Crippen LogP contribution in [0.1, 0.15) is 69.5 Å². The molecule has 0 fully saturated rings. The van der Waals surface area contributed by atoms with Crippen molar-refractivity contribution in [3.63, 3.8) is 0 Å². The fourth-order valence-corrected chi connectivity index (χ4v) is 3.08. The molecular formula is C18H29N. The summed E-state index contributed by atoms with van der Waals surface area (Å²) in [4.78, 5) is 0. The molecule has 1 aliphatic rings. The van der Waals surface area contributed by atoms with Gasteiger partial charge in [-0.3, -0.25) is 0 Å². The van der Waals surface area contributed by atoms with E-state index in [2.05, 4.69) is 43.4 Å². The van der Waals surface area contributed by atoms with Crippen LogP contribution < -0.4 is 5.32 Å². The molecule has 0 aliphatic heterocycles. The third-order valence-corrected chi connectivity index (χ3v) is 4.23. The highest BCUT2D eigenvalue weighted by Crippen LogP contribution is 2.30. The Hall–Kier alpha value is -0.820. The molecule has 0 amide bonds. The summed E-state index contributed by atoms with van der Waals surface area (Å²) in [6.07, 6.45) is 9.45. The standard InChI is InChI=1S/C18H29N/c1-15(2)9-5-3-4-8-14-19-18-13-12-16-10-6-7-11-17(16)18/h6-7,10-11,15,18-19H,3-5,8-9,12-14H2,1-2H3. The van der Waals surface area contributed by atoms with Gasteiger partial charge in [0, 0.05) is 6.04 Å². The maximum absolute atomic E-state index is 3.74. The van der Waals surface area contributed by atoms with Crippen LogP contribution in [-0.4, -0.2) is 6.54 Å². The molecule has 106 valence electrons. The zero-order chi connectivity index (χ0) is 13.5. The molecule has 0 heterocycles. The second kappa shape index (κ2) is 7.69. The molecule has 1 aromatic rings. The van der Waals surface area contributed by atoms with Crippen molar-refractivity contribution in [2.45, 2.75) is 64.8 Å². The van der Waals surface area contributed by atoms with Crippen LogP contribution in [0, 0.1) is 5.92 Å². The maximum atomic E-state index is 3.74. The van der Waals surface area contributed by atoms with Gasteiger partial charge in [-0.15, -0.1) is 0 Å². The van der Waals surface area contributed by atoms with Crippen LogP contribution >= 0.6 is 0 Å². The van der Waals surface area contributed by atoms with Crippen molar-refractivity contribution in [3.05, 3.63) is 35.4 Å². The van der Waals surface area contributed by atoms with Gasteiger partial charge in [-0.25, -0.2) is 0 Å². The number of unbranched alkanes of at least 4 members (excludes halogenated alkanes) is 3. The Kier molecular flexibility index (Phi) is 5.91. The molecule has 2 rings (SSSR count). The Bertz CT molecular complexity index is 370. The van der Waals surface area contributed by atoms with Gasteiger partial charge in [-0.1, -0.05) is 63.8 Å². The monoisotopic (exact) mass is 259 g/mol. The zero-order valence-electron chi connectivity index (χ0n) is 12.6. The van der Waals surface area contributed by atoms with E-state index in [0.717, 1.165) is 5.92 Å². The van der Waals surface area contributed by atoms with E-state index in [1.807, 2.05) is 0 Å². The summed E-state index contributed by atoms with van der Waals surface area (Å²) in [6, 6.07) is 9.53. The molecule has 0 radical (unpaired) electrons. The lowest BCUT2D eigenvalue weighted by molar-refractivity contribution is 0.485.